The monoisotopic (exact) mass is 316 g/mol. The average molecular weight is 316 g/mol. The van der Waals surface area contributed by atoms with Crippen molar-refractivity contribution in [2.24, 2.45) is 0 Å². The molecule has 2 rings (SSSR count). The van der Waals surface area contributed by atoms with Crippen molar-refractivity contribution in [2.45, 2.75) is 12.2 Å². The second kappa shape index (κ2) is 6.37. The molecular weight excluding hydrogens is 300 g/mol. The topological polar surface area (TPSA) is 106 Å². The van der Waals surface area contributed by atoms with E-state index in [2.05, 4.69) is 4.98 Å². The number of morpholine rings is 1. The number of nitrogens with zero attached hydrogens (tertiary/aromatic N) is 2. The summed E-state index contributed by atoms with van der Waals surface area (Å²) >= 11 is 0. The van der Waals surface area contributed by atoms with E-state index in [1.807, 2.05) is 0 Å². The van der Waals surface area contributed by atoms with Crippen LogP contribution in [-0.2, 0) is 19.0 Å². The third-order valence-electron chi connectivity index (χ3n) is 2.96. The van der Waals surface area contributed by atoms with Crippen LogP contribution in [0.25, 0.3) is 0 Å². The molecule has 1 fully saturated rings. The number of rotatable bonds is 4. The summed E-state index contributed by atoms with van der Waals surface area (Å²) in [6.45, 7) is 0.430. The minimum absolute atomic E-state index is 0.0199. The van der Waals surface area contributed by atoms with Gasteiger partial charge in [-0.05, 0) is 12.1 Å². The Morgan fingerprint density at radius 3 is 2.90 bits per heavy atom. The molecule has 21 heavy (non-hydrogen) atoms. The van der Waals surface area contributed by atoms with Crippen LogP contribution in [0.2, 0.25) is 0 Å². The quantitative estimate of drug-likeness (QED) is 0.805. The average Bonchev–Trinajstić information content (AvgIpc) is 2.45. The van der Waals surface area contributed by atoms with E-state index in [-0.39, 0.29) is 19.7 Å². The van der Waals surface area contributed by atoms with Crippen molar-refractivity contribution in [3.05, 3.63) is 30.1 Å². The molecule has 2 heterocycles. The molecule has 0 aromatic carbocycles. The fraction of sp³-hybridized carbons (Fsp3) is 0.500. The van der Waals surface area contributed by atoms with Crippen LogP contribution < -0.4 is 0 Å². The number of ether oxygens (including phenoxy) is 1. The van der Waals surface area contributed by atoms with Crippen molar-refractivity contribution >= 4 is 16.2 Å². The zero-order valence-electron chi connectivity index (χ0n) is 11.4. The SMILES string of the molecule is CS(=O)(=O)OC(c1ccccn1)[C@@H]1CN(C(=O)O)CCO1. The Kier molecular flexibility index (Phi) is 4.76. The first-order valence-electron chi connectivity index (χ1n) is 6.25. The first-order valence-corrected chi connectivity index (χ1v) is 8.07. The van der Waals surface area contributed by atoms with Crippen LogP contribution in [0.1, 0.15) is 11.8 Å². The lowest BCUT2D eigenvalue weighted by molar-refractivity contribution is -0.0746. The molecular formula is C12H16N2O6S. The number of pyridine rings is 1. The van der Waals surface area contributed by atoms with E-state index in [0.29, 0.717) is 5.69 Å². The largest absolute Gasteiger partial charge is 0.465 e. The summed E-state index contributed by atoms with van der Waals surface area (Å²) in [6.07, 6.45) is -0.364. The summed E-state index contributed by atoms with van der Waals surface area (Å²) in [4.78, 5) is 16.3. The van der Waals surface area contributed by atoms with Crippen molar-refractivity contribution in [1.29, 1.82) is 0 Å². The smallest absolute Gasteiger partial charge is 0.407 e. The van der Waals surface area contributed by atoms with E-state index in [1.54, 1.807) is 18.2 Å². The molecule has 0 radical (unpaired) electrons. The molecule has 0 aliphatic carbocycles. The Morgan fingerprint density at radius 1 is 1.57 bits per heavy atom. The van der Waals surface area contributed by atoms with Crippen molar-refractivity contribution in [2.75, 3.05) is 26.0 Å². The molecule has 0 bridgehead atoms. The molecule has 116 valence electrons. The minimum Gasteiger partial charge on any atom is -0.465 e. The van der Waals surface area contributed by atoms with Crippen molar-refractivity contribution in [1.82, 2.24) is 9.88 Å². The molecule has 1 aliphatic heterocycles. The molecule has 1 unspecified atom stereocenters. The van der Waals surface area contributed by atoms with Crippen molar-refractivity contribution in [3.63, 3.8) is 0 Å². The van der Waals surface area contributed by atoms with Gasteiger partial charge in [-0.15, -0.1) is 0 Å². The summed E-state index contributed by atoms with van der Waals surface area (Å²) in [7, 11) is -3.74. The number of hydrogen-bond donors (Lipinski definition) is 1. The van der Waals surface area contributed by atoms with Gasteiger partial charge >= 0.3 is 6.09 Å². The van der Waals surface area contributed by atoms with Crippen molar-refractivity contribution < 1.29 is 27.2 Å². The highest BCUT2D eigenvalue weighted by Gasteiger charge is 2.34. The highest BCUT2D eigenvalue weighted by molar-refractivity contribution is 7.86. The zero-order chi connectivity index (χ0) is 15.5. The maximum absolute atomic E-state index is 11.4. The molecule has 1 aromatic heterocycles. The minimum atomic E-state index is -3.74. The number of carbonyl (C=O) groups is 1. The zero-order valence-corrected chi connectivity index (χ0v) is 12.2. The molecule has 9 heteroatoms. The molecule has 1 N–H and O–H groups in total. The highest BCUT2D eigenvalue weighted by Crippen LogP contribution is 2.26. The van der Waals surface area contributed by atoms with E-state index in [1.165, 1.54) is 6.20 Å². The van der Waals surface area contributed by atoms with Gasteiger partial charge in [0.15, 0.2) is 0 Å². The number of carboxylic acid groups (broad SMARTS) is 1. The molecule has 8 nitrogen and oxygen atoms in total. The molecule has 1 saturated heterocycles. The molecule has 1 amide bonds. The van der Waals surface area contributed by atoms with E-state index in [4.69, 9.17) is 14.0 Å². The Labute approximate surface area is 122 Å². The summed E-state index contributed by atoms with van der Waals surface area (Å²) in [5.74, 6) is 0. The summed E-state index contributed by atoms with van der Waals surface area (Å²) in [5, 5.41) is 9.04. The lowest BCUT2D eigenvalue weighted by atomic mass is 10.1. The normalized spacial score (nSPS) is 21.0. The third-order valence-corrected chi connectivity index (χ3v) is 3.52. The van der Waals surface area contributed by atoms with Gasteiger partial charge in [0.2, 0.25) is 0 Å². The summed E-state index contributed by atoms with van der Waals surface area (Å²) in [5.41, 5.74) is 0.375. The van der Waals surface area contributed by atoms with Gasteiger partial charge in [-0.3, -0.25) is 9.17 Å². The Morgan fingerprint density at radius 2 is 2.33 bits per heavy atom. The Hall–Kier alpha value is -1.71. The van der Waals surface area contributed by atoms with Gasteiger partial charge < -0.3 is 14.7 Å². The number of hydrogen-bond acceptors (Lipinski definition) is 6. The predicted molar refractivity (Wildman–Crippen MR) is 72.2 cm³/mol. The summed E-state index contributed by atoms with van der Waals surface area (Å²) in [6, 6.07) is 4.99. The van der Waals surface area contributed by atoms with E-state index >= 15 is 0 Å². The summed E-state index contributed by atoms with van der Waals surface area (Å²) < 4.78 is 33.4. The van der Waals surface area contributed by atoms with Crippen LogP contribution in [0.3, 0.4) is 0 Å². The highest BCUT2D eigenvalue weighted by atomic mass is 32.2. The molecule has 1 aliphatic rings. The van der Waals surface area contributed by atoms with Crippen LogP contribution in [0.4, 0.5) is 4.79 Å². The van der Waals surface area contributed by atoms with Gasteiger partial charge in [0.25, 0.3) is 10.1 Å². The van der Waals surface area contributed by atoms with Gasteiger partial charge in [0, 0.05) is 12.7 Å². The molecule has 1 aromatic rings. The lowest BCUT2D eigenvalue weighted by Crippen LogP contribution is -2.48. The molecule has 0 saturated carbocycles. The maximum atomic E-state index is 11.4. The van der Waals surface area contributed by atoms with Gasteiger partial charge in [-0.25, -0.2) is 4.79 Å². The van der Waals surface area contributed by atoms with Crippen LogP contribution in [0.15, 0.2) is 24.4 Å². The van der Waals surface area contributed by atoms with Gasteiger partial charge in [-0.2, -0.15) is 8.42 Å². The fourth-order valence-corrected chi connectivity index (χ4v) is 2.67. The number of aromatic nitrogens is 1. The lowest BCUT2D eigenvalue weighted by Gasteiger charge is -2.34. The van der Waals surface area contributed by atoms with E-state index in [9.17, 15) is 13.2 Å². The van der Waals surface area contributed by atoms with Gasteiger partial charge in [-0.1, -0.05) is 6.07 Å². The second-order valence-corrected chi connectivity index (χ2v) is 6.21. The maximum Gasteiger partial charge on any atom is 0.407 e. The van der Waals surface area contributed by atoms with Crippen molar-refractivity contribution in [3.8, 4) is 0 Å². The molecule has 0 spiro atoms. The fourth-order valence-electron chi connectivity index (χ4n) is 2.07. The van der Waals surface area contributed by atoms with Crippen LogP contribution in [0, 0.1) is 0 Å². The van der Waals surface area contributed by atoms with Crippen LogP contribution >= 0.6 is 0 Å². The van der Waals surface area contributed by atoms with Crippen LogP contribution in [0.5, 0.6) is 0 Å². The number of amides is 1. The second-order valence-electron chi connectivity index (χ2n) is 4.61. The Balaban J connectivity index is 2.25. The van der Waals surface area contributed by atoms with E-state index in [0.717, 1.165) is 11.2 Å². The third kappa shape index (κ3) is 4.38. The standard InChI is InChI=1S/C12H16N2O6S/c1-21(17,18)20-11(9-4-2-3-5-13-9)10-8-14(12(15)16)6-7-19-10/h2-5,10-11H,6-8H2,1H3,(H,15,16)/t10-,11?/m0/s1. The van der Waals surface area contributed by atoms with Gasteiger partial charge in [0.05, 0.1) is 25.1 Å². The first kappa shape index (κ1) is 15.7. The predicted octanol–water partition coefficient (Wildman–Crippen LogP) is 0.478. The van der Waals surface area contributed by atoms with E-state index < -0.39 is 28.4 Å². The van der Waals surface area contributed by atoms with Gasteiger partial charge in [0.1, 0.15) is 12.2 Å². The molecule has 2 atom stereocenters. The first-order chi connectivity index (χ1) is 9.87. The van der Waals surface area contributed by atoms with Crippen LogP contribution in [-0.4, -0.2) is 61.6 Å². The Bertz CT molecular complexity index is 591.